The van der Waals surface area contributed by atoms with Crippen LogP contribution in [0.2, 0.25) is 0 Å². The van der Waals surface area contributed by atoms with Crippen LogP contribution in [0.4, 0.5) is 0 Å². The number of aromatic nitrogens is 1. The van der Waals surface area contributed by atoms with Crippen LogP contribution >= 0.6 is 0 Å². The van der Waals surface area contributed by atoms with Gasteiger partial charge in [0.15, 0.2) is 0 Å². The molecule has 1 N–H and O–H groups in total. The molecule has 1 aromatic rings. The number of rotatable bonds is 8. The average molecular weight is 235 g/mol. The van der Waals surface area contributed by atoms with Crippen LogP contribution in [0.3, 0.4) is 0 Å². The third kappa shape index (κ3) is 5.80. The molecule has 0 aliphatic heterocycles. The maximum atomic E-state index is 4.38. The van der Waals surface area contributed by atoms with Gasteiger partial charge in [-0.05, 0) is 37.7 Å². The molecule has 1 unspecified atom stereocenters. The molecule has 0 aromatic carbocycles. The van der Waals surface area contributed by atoms with Crippen LogP contribution in [0.15, 0.2) is 24.4 Å². The SMILES string of the molecule is CCNCC(C)CN(CC)Cc1ccccn1. The van der Waals surface area contributed by atoms with Gasteiger partial charge in [-0.15, -0.1) is 0 Å². The summed E-state index contributed by atoms with van der Waals surface area (Å²) in [4.78, 5) is 6.83. The van der Waals surface area contributed by atoms with Crippen LogP contribution < -0.4 is 5.32 Å². The second-order valence-electron chi connectivity index (χ2n) is 4.56. The van der Waals surface area contributed by atoms with E-state index in [1.807, 2.05) is 12.3 Å². The highest BCUT2D eigenvalue weighted by Gasteiger charge is 2.09. The first-order chi connectivity index (χ1) is 8.26. The van der Waals surface area contributed by atoms with Gasteiger partial charge < -0.3 is 5.32 Å². The standard InChI is InChI=1S/C14H25N3/c1-4-15-10-13(3)11-17(5-2)12-14-8-6-7-9-16-14/h6-9,13,15H,4-5,10-12H2,1-3H3. The highest BCUT2D eigenvalue weighted by atomic mass is 15.1. The van der Waals surface area contributed by atoms with E-state index in [2.05, 4.69) is 48.1 Å². The summed E-state index contributed by atoms with van der Waals surface area (Å²) in [7, 11) is 0. The summed E-state index contributed by atoms with van der Waals surface area (Å²) >= 11 is 0. The van der Waals surface area contributed by atoms with Crippen molar-refractivity contribution in [2.45, 2.75) is 27.3 Å². The van der Waals surface area contributed by atoms with Gasteiger partial charge in [-0.2, -0.15) is 0 Å². The smallest absolute Gasteiger partial charge is 0.0543 e. The molecule has 1 rings (SSSR count). The Morgan fingerprint density at radius 2 is 2.18 bits per heavy atom. The molecular formula is C14H25N3. The molecule has 1 heterocycles. The highest BCUT2D eigenvalue weighted by Crippen LogP contribution is 2.04. The van der Waals surface area contributed by atoms with Gasteiger partial charge in [0.2, 0.25) is 0 Å². The quantitative estimate of drug-likeness (QED) is 0.748. The first-order valence-corrected chi connectivity index (χ1v) is 6.59. The molecule has 0 aliphatic rings. The lowest BCUT2D eigenvalue weighted by atomic mass is 10.1. The average Bonchev–Trinajstić information content (AvgIpc) is 2.36. The monoisotopic (exact) mass is 235 g/mol. The van der Waals surface area contributed by atoms with Crippen molar-refractivity contribution in [1.82, 2.24) is 15.2 Å². The summed E-state index contributed by atoms with van der Waals surface area (Å²) in [6.07, 6.45) is 1.87. The van der Waals surface area contributed by atoms with Crippen LogP contribution in [0, 0.1) is 5.92 Å². The minimum atomic E-state index is 0.679. The second kappa shape index (κ2) is 8.20. The third-order valence-corrected chi connectivity index (χ3v) is 2.87. The van der Waals surface area contributed by atoms with E-state index >= 15 is 0 Å². The zero-order valence-electron chi connectivity index (χ0n) is 11.3. The number of nitrogens with zero attached hydrogens (tertiary/aromatic N) is 2. The Balaban J connectivity index is 2.38. The Bertz CT molecular complexity index is 287. The predicted octanol–water partition coefficient (Wildman–Crippen LogP) is 2.15. The molecule has 3 nitrogen and oxygen atoms in total. The zero-order chi connectivity index (χ0) is 12.5. The van der Waals surface area contributed by atoms with E-state index < -0.39 is 0 Å². The van der Waals surface area contributed by atoms with Gasteiger partial charge in [-0.1, -0.05) is 26.8 Å². The van der Waals surface area contributed by atoms with Crippen molar-refractivity contribution in [2.24, 2.45) is 5.92 Å². The van der Waals surface area contributed by atoms with Crippen molar-refractivity contribution in [3.63, 3.8) is 0 Å². The number of pyridine rings is 1. The molecule has 0 saturated carbocycles. The Kier molecular flexibility index (Phi) is 6.82. The number of hydrogen-bond donors (Lipinski definition) is 1. The predicted molar refractivity (Wildman–Crippen MR) is 72.9 cm³/mol. The summed E-state index contributed by atoms with van der Waals surface area (Å²) in [6.45, 7) is 12.0. The summed E-state index contributed by atoms with van der Waals surface area (Å²) in [5.74, 6) is 0.679. The van der Waals surface area contributed by atoms with E-state index in [4.69, 9.17) is 0 Å². The molecule has 0 aliphatic carbocycles. The molecule has 0 saturated heterocycles. The van der Waals surface area contributed by atoms with Crippen molar-refractivity contribution < 1.29 is 0 Å². The van der Waals surface area contributed by atoms with Gasteiger partial charge in [0.25, 0.3) is 0 Å². The van der Waals surface area contributed by atoms with Gasteiger partial charge >= 0.3 is 0 Å². The van der Waals surface area contributed by atoms with Crippen molar-refractivity contribution in [2.75, 3.05) is 26.2 Å². The van der Waals surface area contributed by atoms with Gasteiger partial charge in [-0.3, -0.25) is 9.88 Å². The molecule has 0 bridgehead atoms. The molecule has 0 fully saturated rings. The Morgan fingerprint density at radius 3 is 2.76 bits per heavy atom. The van der Waals surface area contributed by atoms with Crippen LogP contribution in [0.1, 0.15) is 26.5 Å². The van der Waals surface area contributed by atoms with Crippen LogP contribution in [0.25, 0.3) is 0 Å². The fourth-order valence-electron chi connectivity index (χ4n) is 1.92. The Hall–Kier alpha value is -0.930. The topological polar surface area (TPSA) is 28.2 Å². The van der Waals surface area contributed by atoms with Crippen LogP contribution in [-0.2, 0) is 6.54 Å². The maximum Gasteiger partial charge on any atom is 0.0543 e. The Labute approximate surface area is 105 Å². The van der Waals surface area contributed by atoms with Gasteiger partial charge in [0, 0.05) is 19.3 Å². The van der Waals surface area contributed by atoms with Crippen molar-refractivity contribution in [1.29, 1.82) is 0 Å². The molecular weight excluding hydrogens is 210 g/mol. The van der Waals surface area contributed by atoms with Crippen LogP contribution in [-0.4, -0.2) is 36.1 Å². The minimum absolute atomic E-state index is 0.679. The second-order valence-corrected chi connectivity index (χ2v) is 4.56. The molecule has 1 atom stereocenters. The first kappa shape index (κ1) is 14.1. The van der Waals surface area contributed by atoms with E-state index in [0.717, 1.165) is 38.4 Å². The fraction of sp³-hybridized carbons (Fsp3) is 0.643. The third-order valence-electron chi connectivity index (χ3n) is 2.87. The van der Waals surface area contributed by atoms with Crippen molar-refractivity contribution in [3.8, 4) is 0 Å². The van der Waals surface area contributed by atoms with Gasteiger partial charge in [-0.25, -0.2) is 0 Å². The summed E-state index contributed by atoms with van der Waals surface area (Å²) in [6, 6.07) is 6.11. The molecule has 0 amide bonds. The lowest BCUT2D eigenvalue weighted by Gasteiger charge is -2.24. The molecule has 1 aromatic heterocycles. The maximum absolute atomic E-state index is 4.38. The lowest BCUT2D eigenvalue weighted by Crippen LogP contribution is -2.33. The molecule has 96 valence electrons. The van der Waals surface area contributed by atoms with Crippen LogP contribution in [0.5, 0.6) is 0 Å². The minimum Gasteiger partial charge on any atom is -0.317 e. The van der Waals surface area contributed by atoms with E-state index in [1.54, 1.807) is 0 Å². The lowest BCUT2D eigenvalue weighted by molar-refractivity contribution is 0.236. The fourth-order valence-corrected chi connectivity index (χ4v) is 1.92. The summed E-state index contributed by atoms with van der Waals surface area (Å²) in [5.41, 5.74) is 1.16. The molecule has 0 radical (unpaired) electrons. The Morgan fingerprint density at radius 1 is 1.35 bits per heavy atom. The molecule has 0 spiro atoms. The zero-order valence-corrected chi connectivity index (χ0v) is 11.3. The van der Waals surface area contributed by atoms with Gasteiger partial charge in [0.1, 0.15) is 0 Å². The summed E-state index contributed by atoms with van der Waals surface area (Å²) < 4.78 is 0. The van der Waals surface area contributed by atoms with E-state index in [-0.39, 0.29) is 0 Å². The highest BCUT2D eigenvalue weighted by molar-refractivity contribution is 5.03. The largest absolute Gasteiger partial charge is 0.317 e. The molecule has 17 heavy (non-hydrogen) atoms. The number of hydrogen-bond acceptors (Lipinski definition) is 3. The van der Waals surface area contributed by atoms with Crippen molar-refractivity contribution in [3.05, 3.63) is 30.1 Å². The van der Waals surface area contributed by atoms with Crippen molar-refractivity contribution >= 4 is 0 Å². The van der Waals surface area contributed by atoms with E-state index in [9.17, 15) is 0 Å². The summed E-state index contributed by atoms with van der Waals surface area (Å²) in [5, 5.41) is 3.40. The molecule has 3 heteroatoms. The first-order valence-electron chi connectivity index (χ1n) is 6.59. The van der Waals surface area contributed by atoms with Gasteiger partial charge in [0.05, 0.1) is 5.69 Å². The number of nitrogens with one attached hydrogen (secondary N) is 1. The van der Waals surface area contributed by atoms with E-state index in [1.165, 1.54) is 0 Å². The van der Waals surface area contributed by atoms with E-state index in [0.29, 0.717) is 5.92 Å². The normalized spacial score (nSPS) is 12.9.